The van der Waals surface area contributed by atoms with E-state index in [9.17, 15) is 15.0 Å². The van der Waals surface area contributed by atoms with E-state index in [4.69, 9.17) is 9.47 Å². The summed E-state index contributed by atoms with van der Waals surface area (Å²) >= 11 is 0. The SMILES string of the molecule is C=C(C)C(=O)OCCc1cc(C2CCC(C3CCC(CCCCC)CC3)CC2)ccc1OCC(C)(CO)CO. The van der Waals surface area contributed by atoms with Crippen LogP contribution in [0.4, 0.5) is 0 Å². The zero-order valence-electron chi connectivity index (χ0n) is 24.9. The van der Waals surface area contributed by atoms with Crippen LogP contribution in [0.2, 0.25) is 0 Å². The van der Waals surface area contributed by atoms with Crippen molar-refractivity contribution in [1.82, 2.24) is 0 Å². The van der Waals surface area contributed by atoms with Crippen LogP contribution in [0.15, 0.2) is 30.4 Å². The molecule has 1 aromatic rings. The molecule has 0 aromatic heterocycles. The second-order valence-corrected chi connectivity index (χ2v) is 12.8. The number of unbranched alkanes of at least 4 members (excludes halogenated alkanes) is 2. The number of esters is 1. The molecule has 0 amide bonds. The maximum Gasteiger partial charge on any atom is 0.333 e. The molecule has 0 unspecified atom stereocenters. The molecule has 0 radical (unpaired) electrons. The number of hydrogen-bond acceptors (Lipinski definition) is 5. The van der Waals surface area contributed by atoms with Crippen molar-refractivity contribution < 1.29 is 24.5 Å². The first kappa shape index (κ1) is 31.7. The summed E-state index contributed by atoms with van der Waals surface area (Å²) in [5, 5.41) is 19.3. The molecule has 220 valence electrons. The number of carbonyl (C=O) groups excluding carboxylic acids is 1. The molecule has 39 heavy (non-hydrogen) atoms. The van der Waals surface area contributed by atoms with Gasteiger partial charge in [0.05, 0.1) is 26.4 Å². The highest BCUT2D eigenvalue weighted by Gasteiger charge is 2.31. The largest absolute Gasteiger partial charge is 0.493 e. The monoisotopic (exact) mass is 542 g/mol. The van der Waals surface area contributed by atoms with Gasteiger partial charge < -0.3 is 19.7 Å². The highest BCUT2D eigenvalue weighted by molar-refractivity contribution is 5.86. The highest BCUT2D eigenvalue weighted by atomic mass is 16.5. The van der Waals surface area contributed by atoms with Gasteiger partial charge in [-0.2, -0.15) is 0 Å². The number of benzene rings is 1. The molecular formula is C34H54O5. The van der Waals surface area contributed by atoms with E-state index in [1.807, 2.05) is 6.07 Å². The van der Waals surface area contributed by atoms with E-state index < -0.39 is 5.41 Å². The molecule has 0 saturated heterocycles. The van der Waals surface area contributed by atoms with Crippen LogP contribution in [0, 0.1) is 23.2 Å². The van der Waals surface area contributed by atoms with Crippen LogP contribution >= 0.6 is 0 Å². The Balaban J connectivity index is 1.58. The van der Waals surface area contributed by atoms with Gasteiger partial charge in [0.25, 0.3) is 0 Å². The van der Waals surface area contributed by atoms with E-state index in [1.54, 1.807) is 13.8 Å². The second-order valence-electron chi connectivity index (χ2n) is 12.8. The standard InChI is InChI=1S/C34H54O5/c1-5-6-7-8-26-9-11-27(12-10-26)28-13-15-29(16-14-28)30-17-18-32(39-24-34(4,22-35)23-36)31(21-30)19-20-38-33(37)25(2)3/h17-18,21,26-29,35-36H,2,5-16,19-20,22-24H2,1,3-4H3. The Morgan fingerprint density at radius 1 is 1.00 bits per heavy atom. The predicted molar refractivity (Wildman–Crippen MR) is 158 cm³/mol. The highest BCUT2D eigenvalue weighted by Crippen LogP contribution is 2.45. The van der Waals surface area contributed by atoms with Gasteiger partial charge in [-0.3, -0.25) is 0 Å². The van der Waals surface area contributed by atoms with Gasteiger partial charge in [-0.15, -0.1) is 0 Å². The first-order chi connectivity index (χ1) is 18.8. The van der Waals surface area contributed by atoms with E-state index in [2.05, 4.69) is 25.6 Å². The molecule has 2 saturated carbocycles. The van der Waals surface area contributed by atoms with Crippen molar-refractivity contribution in [3.63, 3.8) is 0 Å². The Labute approximate surface area is 237 Å². The fourth-order valence-electron chi connectivity index (χ4n) is 6.51. The molecule has 0 atom stereocenters. The second kappa shape index (κ2) is 15.8. The average molecular weight is 543 g/mol. The van der Waals surface area contributed by atoms with Crippen LogP contribution in [0.5, 0.6) is 5.75 Å². The minimum absolute atomic E-state index is 0.156. The summed E-state index contributed by atoms with van der Waals surface area (Å²) in [5.41, 5.74) is 2.02. The molecule has 2 N–H and O–H groups in total. The van der Waals surface area contributed by atoms with Crippen molar-refractivity contribution in [1.29, 1.82) is 0 Å². The van der Waals surface area contributed by atoms with Crippen LogP contribution in [0.25, 0.3) is 0 Å². The van der Waals surface area contributed by atoms with Crippen molar-refractivity contribution in [3.05, 3.63) is 41.5 Å². The summed E-state index contributed by atoms with van der Waals surface area (Å²) in [5.74, 6) is 3.69. The number of hydrogen-bond donors (Lipinski definition) is 2. The Hall–Kier alpha value is -1.85. The third-order valence-electron chi connectivity index (χ3n) is 9.39. The number of aliphatic hydroxyl groups excluding tert-OH is 2. The van der Waals surface area contributed by atoms with E-state index in [1.165, 1.54) is 82.6 Å². The summed E-state index contributed by atoms with van der Waals surface area (Å²) in [6.07, 6.45) is 17.0. The van der Waals surface area contributed by atoms with Gasteiger partial charge in [0.2, 0.25) is 0 Å². The number of aliphatic hydroxyl groups is 2. The molecule has 0 bridgehead atoms. The van der Waals surface area contributed by atoms with Gasteiger partial charge in [-0.05, 0) is 86.3 Å². The van der Waals surface area contributed by atoms with Crippen molar-refractivity contribution in [3.8, 4) is 5.75 Å². The zero-order valence-corrected chi connectivity index (χ0v) is 24.9. The topological polar surface area (TPSA) is 76.0 Å². The third-order valence-corrected chi connectivity index (χ3v) is 9.39. The van der Waals surface area contributed by atoms with Gasteiger partial charge in [0.1, 0.15) is 5.75 Å². The van der Waals surface area contributed by atoms with E-state index in [-0.39, 0.29) is 32.4 Å². The summed E-state index contributed by atoms with van der Waals surface area (Å²) in [6, 6.07) is 6.43. The molecule has 2 fully saturated rings. The molecule has 2 aliphatic carbocycles. The summed E-state index contributed by atoms with van der Waals surface area (Å²) in [6.45, 7) is 9.57. The molecule has 0 aliphatic heterocycles. The summed E-state index contributed by atoms with van der Waals surface area (Å²) in [4.78, 5) is 11.9. The van der Waals surface area contributed by atoms with Crippen LogP contribution in [0.1, 0.15) is 115 Å². The number of ether oxygens (including phenoxy) is 2. The smallest absolute Gasteiger partial charge is 0.333 e. The summed E-state index contributed by atoms with van der Waals surface area (Å²) in [7, 11) is 0. The van der Waals surface area contributed by atoms with Gasteiger partial charge >= 0.3 is 5.97 Å². The van der Waals surface area contributed by atoms with Gasteiger partial charge in [-0.25, -0.2) is 4.79 Å². The van der Waals surface area contributed by atoms with Crippen LogP contribution in [-0.2, 0) is 16.0 Å². The molecule has 5 nitrogen and oxygen atoms in total. The Morgan fingerprint density at radius 3 is 2.23 bits per heavy atom. The first-order valence-electron chi connectivity index (χ1n) is 15.6. The van der Waals surface area contributed by atoms with Crippen molar-refractivity contribution >= 4 is 5.97 Å². The molecule has 0 heterocycles. The molecule has 0 spiro atoms. The predicted octanol–water partition coefficient (Wildman–Crippen LogP) is 7.38. The molecule has 5 heteroatoms. The molecular weight excluding hydrogens is 488 g/mol. The maximum absolute atomic E-state index is 11.9. The first-order valence-corrected chi connectivity index (χ1v) is 15.6. The lowest BCUT2D eigenvalue weighted by Crippen LogP contribution is -2.33. The Bertz CT molecular complexity index is 889. The minimum Gasteiger partial charge on any atom is -0.493 e. The Kier molecular flexibility index (Phi) is 12.8. The van der Waals surface area contributed by atoms with Crippen LogP contribution in [-0.4, -0.2) is 42.6 Å². The zero-order chi connectivity index (χ0) is 28.3. The minimum atomic E-state index is -0.713. The van der Waals surface area contributed by atoms with Crippen molar-refractivity contribution in [2.24, 2.45) is 23.2 Å². The molecule has 3 rings (SSSR count). The normalized spacial score (nSPS) is 23.8. The van der Waals surface area contributed by atoms with E-state index >= 15 is 0 Å². The lowest BCUT2D eigenvalue weighted by Gasteiger charge is -2.38. The average Bonchev–Trinajstić information content (AvgIpc) is 2.96. The van der Waals surface area contributed by atoms with E-state index in [0.29, 0.717) is 17.9 Å². The molecule has 1 aromatic carbocycles. The molecule has 2 aliphatic rings. The summed E-state index contributed by atoms with van der Waals surface area (Å²) < 4.78 is 11.5. The Morgan fingerprint density at radius 2 is 1.64 bits per heavy atom. The van der Waals surface area contributed by atoms with Crippen LogP contribution in [0.3, 0.4) is 0 Å². The number of carbonyl (C=O) groups is 1. The van der Waals surface area contributed by atoms with E-state index in [0.717, 1.165) is 29.1 Å². The third kappa shape index (κ3) is 9.63. The van der Waals surface area contributed by atoms with Crippen molar-refractivity contribution in [2.45, 2.75) is 110 Å². The quantitative estimate of drug-likeness (QED) is 0.137. The fraction of sp³-hybridized carbons (Fsp3) is 0.735. The van der Waals surface area contributed by atoms with Crippen molar-refractivity contribution in [2.75, 3.05) is 26.4 Å². The fourth-order valence-corrected chi connectivity index (χ4v) is 6.51. The van der Waals surface area contributed by atoms with Gasteiger partial charge in [0, 0.05) is 17.4 Å². The van der Waals surface area contributed by atoms with Gasteiger partial charge in [0.15, 0.2) is 0 Å². The lowest BCUT2D eigenvalue weighted by atomic mass is 9.68. The van der Waals surface area contributed by atoms with Gasteiger partial charge in [-0.1, -0.05) is 71.1 Å². The maximum atomic E-state index is 11.9. The lowest BCUT2D eigenvalue weighted by molar-refractivity contribution is -0.138. The van der Waals surface area contributed by atoms with Crippen LogP contribution < -0.4 is 4.74 Å². The number of rotatable bonds is 15.